The Hall–Kier alpha value is -1.57. The minimum atomic E-state index is 0.284. The second kappa shape index (κ2) is 7.88. The SMILES string of the molecule is N#Cc1ccc(OCCN2CCCC2CCCO)cc1. The number of nitrogens with zero attached hydrogens (tertiary/aromatic N) is 2. The van der Waals surface area contributed by atoms with Gasteiger partial charge < -0.3 is 9.84 Å². The highest BCUT2D eigenvalue weighted by molar-refractivity contribution is 5.34. The van der Waals surface area contributed by atoms with Crippen molar-refractivity contribution >= 4 is 0 Å². The number of benzene rings is 1. The number of rotatable bonds is 7. The van der Waals surface area contributed by atoms with E-state index in [1.54, 1.807) is 12.1 Å². The van der Waals surface area contributed by atoms with Crippen LogP contribution in [-0.4, -0.2) is 42.4 Å². The second-order valence-corrected chi connectivity index (χ2v) is 5.18. The largest absolute Gasteiger partial charge is 0.492 e. The second-order valence-electron chi connectivity index (χ2n) is 5.18. The van der Waals surface area contributed by atoms with E-state index in [0.717, 1.165) is 31.7 Å². The molecule has 1 aliphatic heterocycles. The molecule has 1 atom stereocenters. The van der Waals surface area contributed by atoms with Crippen LogP contribution in [-0.2, 0) is 0 Å². The van der Waals surface area contributed by atoms with Gasteiger partial charge in [-0.15, -0.1) is 0 Å². The first kappa shape index (κ1) is 14.8. The lowest BCUT2D eigenvalue weighted by Gasteiger charge is -2.24. The van der Waals surface area contributed by atoms with Crippen LogP contribution in [0.15, 0.2) is 24.3 Å². The molecular weight excluding hydrogens is 252 g/mol. The number of nitriles is 1. The standard InChI is InChI=1S/C16H22N2O2/c17-13-14-5-7-16(8-6-14)20-12-10-18-9-1-3-15(18)4-2-11-19/h5-8,15,19H,1-4,9-12H2. The van der Waals surface area contributed by atoms with Crippen LogP contribution in [0, 0.1) is 11.3 Å². The summed E-state index contributed by atoms with van der Waals surface area (Å²) in [7, 11) is 0. The van der Waals surface area contributed by atoms with Crippen LogP contribution in [0.2, 0.25) is 0 Å². The van der Waals surface area contributed by atoms with Crippen LogP contribution in [0.3, 0.4) is 0 Å². The molecular formula is C16H22N2O2. The molecule has 20 heavy (non-hydrogen) atoms. The minimum Gasteiger partial charge on any atom is -0.492 e. The first-order chi connectivity index (χ1) is 9.83. The van der Waals surface area contributed by atoms with Crippen molar-refractivity contribution in [3.8, 4) is 11.8 Å². The van der Waals surface area contributed by atoms with Gasteiger partial charge in [0.2, 0.25) is 0 Å². The van der Waals surface area contributed by atoms with Gasteiger partial charge in [-0.1, -0.05) is 0 Å². The highest BCUT2D eigenvalue weighted by Gasteiger charge is 2.23. The molecule has 2 rings (SSSR count). The van der Waals surface area contributed by atoms with E-state index >= 15 is 0 Å². The molecule has 1 aliphatic rings. The fraction of sp³-hybridized carbons (Fsp3) is 0.562. The van der Waals surface area contributed by atoms with Crippen LogP contribution in [0.25, 0.3) is 0 Å². The monoisotopic (exact) mass is 274 g/mol. The number of aliphatic hydroxyl groups excluding tert-OH is 1. The lowest BCUT2D eigenvalue weighted by atomic mass is 10.1. The van der Waals surface area contributed by atoms with Crippen LogP contribution in [0.4, 0.5) is 0 Å². The van der Waals surface area contributed by atoms with Gasteiger partial charge in [-0.25, -0.2) is 0 Å². The maximum Gasteiger partial charge on any atom is 0.119 e. The lowest BCUT2D eigenvalue weighted by Crippen LogP contribution is -2.33. The van der Waals surface area contributed by atoms with Crippen LogP contribution in [0.5, 0.6) is 5.75 Å². The van der Waals surface area contributed by atoms with Gasteiger partial charge in [0.05, 0.1) is 11.6 Å². The Balaban J connectivity index is 1.73. The zero-order valence-corrected chi connectivity index (χ0v) is 11.8. The fourth-order valence-electron chi connectivity index (χ4n) is 2.75. The molecule has 0 aromatic heterocycles. The molecule has 1 aromatic rings. The van der Waals surface area contributed by atoms with E-state index in [1.165, 1.54) is 12.8 Å². The van der Waals surface area contributed by atoms with E-state index in [4.69, 9.17) is 15.1 Å². The van der Waals surface area contributed by atoms with Crippen molar-refractivity contribution in [1.82, 2.24) is 4.90 Å². The fourth-order valence-corrected chi connectivity index (χ4v) is 2.75. The first-order valence-corrected chi connectivity index (χ1v) is 7.31. The van der Waals surface area contributed by atoms with Gasteiger partial charge in [-0.2, -0.15) is 5.26 Å². The Bertz CT molecular complexity index is 439. The summed E-state index contributed by atoms with van der Waals surface area (Å²) in [4.78, 5) is 2.46. The third-order valence-corrected chi connectivity index (χ3v) is 3.83. The number of likely N-dealkylation sites (tertiary alicyclic amines) is 1. The van der Waals surface area contributed by atoms with E-state index in [0.29, 0.717) is 18.2 Å². The third kappa shape index (κ3) is 4.22. The Morgan fingerprint density at radius 1 is 1.35 bits per heavy atom. The zero-order chi connectivity index (χ0) is 14.2. The van der Waals surface area contributed by atoms with Crippen molar-refractivity contribution in [2.45, 2.75) is 31.7 Å². The van der Waals surface area contributed by atoms with Gasteiger partial charge in [0.15, 0.2) is 0 Å². The zero-order valence-electron chi connectivity index (χ0n) is 11.8. The first-order valence-electron chi connectivity index (χ1n) is 7.31. The molecule has 0 radical (unpaired) electrons. The molecule has 108 valence electrons. The molecule has 0 amide bonds. The molecule has 0 aliphatic carbocycles. The van der Waals surface area contributed by atoms with Crippen LogP contribution in [0.1, 0.15) is 31.2 Å². The summed E-state index contributed by atoms with van der Waals surface area (Å²) in [6, 6.07) is 9.92. The number of ether oxygens (including phenoxy) is 1. The quantitative estimate of drug-likeness (QED) is 0.828. The Kier molecular flexibility index (Phi) is 5.85. The summed E-state index contributed by atoms with van der Waals surface area (Å²) < 4.78 is 5.72. The van der Waals surface area contributed by atoms with E-state index in [9.17, 15) is 0 Å². The van der Waals surface area contributed by atoms with Crippen molar-refractivity contribution in [3.63, 3.8) is 0 Å². The molecule has 1 unspecified atom stereocenters. The van der Waals surface area contributed by atoms with Crippen LogP contribution >= 0.6 is 0 Å². The van der Waals surface area contributed by atoms with Gasteiger partial charge in [0.25, 0.3) is 0 Å². The average Bonchev–Trinajstić information content (AvgIpc) is 2.93. The summed E-state index contributed by atoms with van der Waals surface area (Å²) in [5, 5.41) is 17.6. The maximum absolute atomic E-state index is 8.91. The normalized spacial score (nSPS) is 18.9. The predicted octanol–water partition coefficient (Wildman–Crippen LogP) is 2.17. The van der Waals surface area contributed by atoms with Crippen molar-refractivity contribution in [2.75, 3.05) is 26.3 Å². The van der Waals surface area contributed by atoms with E-state index in [1.807, 2.05) is 12.1 Å². The van der Waals surface area contributed by atoms with E-state index in [-0.39, 0.29) is 6.61 Å². The summed E-state index contributed by atoms with van der Waals surface area (Å²) in [6.07, 6.45) is 4.44. The van der Waals surface area contributed by atoms with Crippen molar-refractivity contribution in [3.05, 3.63) is 29.8 Å². The Labute approximate surface area is 120 Å². The molecule has 4 heteroatoms. The minimum absolute atomic E-state index is 0.284. The predicted molar refractivity (Wildman–Crippen MR) is 77.6 cm³/mol. The van der Waals surface area contributed by atoms with Gasteiger partial charge in [0, 0.05) is 19.2 Å². The van der Waals surface area contributed by atoms with Crippen LogP contribution < -0.4 is 4.74 Å². The number of hydrogen-bond acceptors (Lipinski definition) is 4. The summed E-state index contributed by atoms with van der Waals surface area (Å²) in [5.74, 6) is 0.815. The van der Waals surface area contributed by atoms with Crippen molar-refractivity contribution < 1.29 is 9.84 Å². The Morgan fingerprint density at radius 2 is 2.15 bits per heavy atom. The summed E-state index contributed by atoms with van der Waals surface area (Å²) >= 11 is 0. The smallest absolute Gasteiger partial charge is 0.119 e. The molecule has 1 saturated heterocycles. The Morgan fingerprint density at radius 3 is 2.85 bits per heavy atom. The molecule has 1 aromatic carbocycles. The highest BCUT2D eigenvalue weighted by atomic mass is 16.5. The van der Waals surface area contributed by atoms with Gasteiger partial charge in [-0.05, 0) is 56.5 Å². The highest BCUT2D eigenvalue weighted by Crippen LogP contribution is 2.21. The molecule has 0 saturated carbocycles. The average molecular weight is 274 g/mol. The summed E-state index contributed by atoms with van der Waals surface area (Å²) in [6.45, 7) is 3.01. The van der Waals surface area contributed by atoms with E-state index in [2.05, 4.69) is 11.0 Å². The van der Waals surface area contributed by atoms with Gasteiger partial charge in [-0.3, -0.25) is 4.90 Å². The molecule has 1 N–H and O–H groups in total. The molecule has 0 spiro atoms. The lowest BCUT2D eigenvalue weighted by molar-refractivity contribution is 0.180. The van der Waals surface area contributed by atoms with Crippen molar-refractivity contribution in [1.29, 1.82) is 5.26 Å². The maximum atomic E-state index is 8.91. The van der Waals surface area contributed by atoms with Gasteiger partial charge >= 0.3 is 0 Å². The molecule has 4 nitrogen and oxygen atoms in total. The topological polar surface area (TPSA) is 56.5 Å². The van der Waals surface area contributed by atoms with Crippen molar-refractivity contribution in [2.24, 2.45) is 0 Å². The summed E-state index contributed by atoms with van der Waals surface area (Å²) in [5.41, 5.74) is 0.654. The molecule has 1 fully saturated rings. The molecule has 1 heterocycles. The third-order valence-electron chi connectivity index (χ3n) is 3.83. The molecule has 0 bridgehead atoms. The van der Waals surface area contributed by atoms with Gasteiger partial charge in [0.1, 0.15) is 12.4 Å². The van der Waals surface area contributed by atoms with E-state index < -0.39 is 0 Å². The number of aliphatic hydroxyl groups is 1. The number of hydrogen-bond donors (Lipinski definition) is 1.